The van der Waals surface area contributed by atoms with E-state index >= 15 is 0 Å². The minimum atomic E-state index is -0.0355. The molecule has 1 saturated carbocycles. The van der Waals surface area contributed by atoms with Crippen molar-refractivity contribution in [2.75, 3.05) is 13.1 Å². The van der Waals surface area contributed by atoms with Gasteiger partial charge in [0.15, 0.2) is 11.5 Å². The number of nitrogens with zero attached hydrogens (tertiary/aromatic N) is 6. The first-order valence-corrected chi connectivity index (χ1v) is 8.71. The minimum Gasteiger partial charge on any atom is -0.339 e. The second-order valence-corrected chi connectivity index (χ2v) is 6.79. The predicted molar refractivity (Wildman–Crippen MR) is 87.1 cm³/mol. The van der Waals surface area contributed by atoms with Crippen LogP contribution in [0.3, 0.4) is 0 Å². The van der Waals surface area contributed by atoms with Gasteiger partial charge in [0, 0.05) is 37.2 Å². The summed E-state index contributed by atoms with van der Waals surface area (Å²) < 4.78 is 6.97. The normalized spacial score (nSPS) is 21.0. The SMILES string of the molecule is O=C(c1ccnc2ccnn12)N1CCCC(c2noc(C3CC3)n2)C1. The van der Waals surface area contributed by atoms with Gasteiger partial charge in [-0.25, -0.2) is 9.50 Å². The maximum atomic E-state index is 13.0. The van der Waals surface area contributed by atoms with E-state index < -0.39 is 0 Å². The zero-order valence-electron chi connectivity index (χ0n) is 13.7. The molecule has 0 bridgehead atoms. The van der Waals surface area contributed by atoms with Gasteiger partial charge in [-0.05, 0) is 31.7 Å². The Morgan fingerprint density at radius 1 is 1.16 bits per heavy atom. The molecule has 0 spiro atoms. The molecule has 1 amide bonds. The van der Waals surface area contributed by atoms with Crippen LogP contribution in [0.25, 0.3) is 5.65 Å². The number of piperidine rings is 1. The lowest BCUT2D eigenvalue weighted by molar-refractivity contribution is 0.0694. The summed E-state index contributed by atoms with van der Waals surface area (Å²) in [6, 6.07) is 3.50. The van der Waals surface area contributed by atoms with Gasteiger partial charge in [-0.1, -0.05) is 5.16 Å². The number of likely N-dealkylation sites (tertiary alicyclic amines) is 1. The van der Waals surface area contributed by atoms with Gasteiger partial charge in [-0.2, -0.15) is 10.1 Å². The number of carbonyl (C=O) groups is 1. The van der Waals surface area contributed by atoms with Crippen molar-refractivity contribution in [1.82, 2.24) is 29.6 Å². The Morgan fingerprint density at radius 2 is 2.08 bits per heavy atom. The van der Waals surface area contributed by atoms with Crippen molar-refractivity contribution in [3.63, 3.8) is 0 Å². The Balaban J connectivity index is 1.38. The van der Waals surface area contributed by atoms with Crippen LogP contribution >= 0.6 is 0 Å². The van der Waals surface area contributed by atoms with Crippen LogP contribution in [0.1, 0.15) is 59.7 Å². The molecule has 1 unspecified atom stereocenters. The van der Waals surface area contributed by atoms with E-state index in [-0.39, 0.29) is 11.8 Å². The first kappa shape index (κ1) is 14.6. The molecule has 128 valence electrons. The number of rotatable bonds is 3. The fourth-order valence-corrected chi connectivity index (χ4v) is 3.44. The standard InChI is InChI=1S/C17H18N6O2/c24-17(13-5-7-18-14-6-8-19-23(13)14)22-9-1-2-12(10-22)15-20-16(25-21-15)11-3-4-11/h5-8,11-12H,1-4,9-10H2. The molecule has 8 heteroatoms. The van der Waals surface area contributed by atoms with E-state index in [1.165, 1.54) is 0 Å². The third-order valence-electron chi connectivity index (χ3n) is 4.97. The second-order valence-electron chi connectivity index (χ2n) is 6.79. The molecule has 4 heterocycles. The summed E-state index contributed by atoms with van der Waals surface area (Å²) in [6.45, 7) is 1.33. The Bertz CT molecular complexity index is 928. The van der Waals surface area contributed by atoms with Crippen LogP contribution in [0, 0.1) is 0 Å². The molecule has 5 rings (SSSR count). The minimum absolute atomic E-state index is 0.0355. The summed E-state index contributed by atoms with van der Waals surface area (Å²) in [5.74, 6) is 2.03. The van der Waals surface area contributed by atoms with Crippen LogP contribution in [-0.2, 0) is 0 Å². The van der Waals surface area contributed by atoms with Gasteiger partial charge in [-0.3, -0.25) is 4.79 Å². The molecule has 25 heavy (non-hydrogen) atoms. The highest BCUT2D eigenvalue weighted by Gasteiger charge is 2.33. The predicted octanol–water partition coefficient (Wildman–Crippen LogP) is 2.01. The van der Waals surface area contributed by atoms with Crippen LogP contribution in [-0.4, -0.2) is 48.6 Å². The molecule has 0 N–H and O–H groups in total. The number of fused-ring (bicyclic) bond motifs is 1. The van der Waals surface area contributed by atoms with Crippen molar-refractivity contribution < 1.29 is 9.32 Å². The van der Waals surface area contributed by atoms with Crippen LogP contribution in [0.15, 0.2) is 29.0 Å². The summed E-state index contributed by atoms with van der Waals surface area (Å²) in [7, 11) is 0. The molecule has 3 aromatic rings. The molecule has 1 aliphatic heterocycles. The van der Waals surface area contributed by atoms with Gasteiger partial charge < -0.3 is 9.42 Å². The Morgan fingerprint density at radius 3 is 2.96 bits per heavy atom. The molecule has 8 nitrogen and oxygen atoms in total. The van der Waals surface area contributed by atoms with E-state index in [4.69, 9.17) is 4.52 Å². The van der Waals surface area contributed by atoms with E-state index in [2.05, 4.69) is 20.2 Å². The number of carbonyl (C=O) groups excluding carboxylic acids is 1. The third-order valence-corrected chi connectivity index (χ3v) is 4.97. The molecule has 1 saturated heterocycles. The lowest BCUT2D eigenvalue weighted by Gasteiger charge is -2.31. The van der Waals surface area contributed by atoms with Crippen molar-refractivity contribution in [2.45, 2.75) is 37.5 Å². The van der Waals surface area contributed by atoms with Crippen molar-refractivity contribution in [3.05, 3.63) is 41.9 Å². The Labute approximate surface area is 143 Å². The second kappa shape index (κ2) is 5.65. The lowest BCUT2D eigenvalue weighted by atomic mass is 9.97. The maximum Gasteiger partial charge on any atom is 0.272 e. The van der Waals surface area contributed by atoms with Crippen molar-refractivity contribution in [1.29, 1.82) is 0 Å². The van der Waals surface area contributed by atoms with Crippen LogP contribution in [0.5, 0.6) is 0 Å². The Kier molecular flexibility index (Phi) is 3.29. The van der Waals surface area contributed by atoms with Gasteiger partial charge in [-0.15, -0.1) is 0 Å². The van der Waals surface area contributed by atoms with Gasteiger partial charge in [0.05, 0.1) is 6.20 Å². The third kappa shape index (κ3) is 2.57. The van der Waals surface area contributed by atoms with E-state index in [0.29, 0.717) is 23.8 Å². The smallest absolute Gasteiger partial charge is 0.272 e. The monoisotopic (exact) mass is 338 g/mol. The molecule has 1 atom stereocenters. The van der Waals surface area contributed by atoms with E-state index in [1.807, 2.05) is 4.90 Å². The van der Waals surface area contributed by atoms with Gasteiger partial charge >= 0.3 is 0 Å². The first-order chi connectivity index (χ1) is 12.3. The number of hydrogen-bond acceptors (Lipinski definition) is 6. The molecular formula is C17H18N6O2. The molecule has 2 aliphatic rings. The molecule has 2 fully saturated rings. The molecular weight excluding hydrogens is 320 g/mol. The lowest BCUT2D eigenvalue weighted by Crippen LogP contribution is -2.40. The van der Waals surface area contributed by atoms with Crippen LogP contribution in [0.2, 0.25) is 0 Å². The highest BCUT2D eigenvalue weighted by Crippen LogP contribution is 2.39. The maximum absolute atomic E-state index is 13.0. The number of amides is 1. The van der Waals surface area contributed by atoms with Gasteiger partial charge in [0.25, 0.3) is 5.91 Å². The van der Waals surface area contributed by atoms with E-state index in [0.717, 1.165) is 43.9 Å². The van der Waals surface area contributed by atoms with Crippen molar-refractivity contribution >= 4 is 11.6 Å². The average molecular weight is 338 g/mol. The van der Waals surface area contributed by atoms with Crippen molar-refractivity contribution in [3.8, 4) is 0 Å². The number of hydrogen-bond donors (Lipinski definition) is 0. The Hall–Kier alpha value is -2.77. The summed E-state index contributed by atoms with van der Waals surface area (Å²) >= 11 is 0. The van der Waals surface area contributed by atoms with E-state index in [1.54, 1.807) is 29.0 Å². The fraction of sp³-hybridized carbons (Fsp3) is 0.471. The molecule has 0 radical (unpaired) electrons. The molecule has 3 aromatic heterocycles. The van der Waals surface area contributed by atoms with Crippen LogP contribution < -0.4 is 0 Å². The average Bonchev–Trinajstić information content (AvgIpc) is 3.19. The van der Waals surface area contributed by atoms with Crippen LogP contribution in [0.4, 0.5) is 0 Å². The summed E-state index contributed by atoms with van der Waals surface area (Å²) in [4.78, 5) is 23.6. The summed E-state index contributed by atoms with van der Waals surface area (Å²) in [5, 5.41) is 8.37. The zero-order valence-corrected chi connectivity index (χ0v) is 13.7. The molecule has 1 aliphatic carbocycles. The topological polar surface area (TPSA) is 89.4 Å². The molecule has 0 aromatic carbocycles. The largest absolute Gasteiger partial charge is 0.339 e. The zero-order chi connectivity index (χ0) is 16.8. The quantitative estimate of drug-likeness (QED) is 0.726. The number of aromatic nitrogens is 5. The fourth-order valence-electron chi connectivity index (χ4n) is 3.44. The highest BCUT2D eigenvalue weighted by molar-refractivity contribution is 5.93. The highest BCUT2D eigenvalue weighted by atomic mass is 16.5. The first-order valence-electron chi connectivity index (χ1n) is 8.71. The summed E-state index contributed by atoms with van der Waals surface area (Å²) in [6.07, 6.45) is 7.47. The van der Waals surface area contributed by atoms with E-state index in [9.17, 15) is 4.79 Å². The van der Waals surface area contributed by atoms with Gasteiger partial charge in [0.2, 0.25) is 5.89 Å². The van der Waals surface area contributed by atoms with Gasteiger partial charge in [0.1, 0.15) is 5.69 Å². The van der Waals surface area contributed by atoms with Crippen molar-refractivity contribution in [2.24, 2.45) is 0 Å². The summed E-state index contributed by atoms with van der Waals surface area (Å²) in [5.41, 5.74) is 1.20.